The molecule has 0 rings (SSSR count). The Balaban J connectivity index is 3.40. The van der Waals surface area contributed by atoms with E-state index in [1.807, 2.05) is 18.7 Å². The number of thioether (sulfide) groups is 1. The summed E-state index contributed by atoms with van der Waals surface area (Å²) >= 11 is 1.87. The highest BCUT2D eigenvalue weighted by atomic mass is 32.2. The van der Waals surface area contributed by atoms with Crippen LogP contribution < -0.4 is 10.6 Å². The molecule has 4 heteroatoms. The van der Waals surface area contributed by atoms with Gasteiger partial charge in [-0.2, -0.15) is 11.8 Å². The molecule has 3 nitrogen and oxygen atoms in total. The zero-order valence-electron chi connectivity index (χ0n) is 10.8. The van der Waals surface area contributed by atoms with Crippen molar-refractivity contribution in [3.63, 3.8) is 0 Å². The van der Waals surface area contributed by atoms with E-state index < -0.39 is 0 Å². The van der Waals surface area contributed by atoms with E-state index in [0.29, 0.717) is 0 Å². The molecule has 0 heterocycles. The number of carbonyl (C=O) groups excluding carboxylic acids is 1. The fourth-order valence-electron chi connectivity index (χ4n) is 1.32. The van der Waals surface area contributed by atoms with Crippen LogP contribution in [0.3, 0.4) is 0 Å². The number of amides is 1. The van der Waals surface area contributed by atoms with Crippen LogP contribution in [0.5, 0.6) is 0 Å². The van der Waals surface area contributed by atoms with Crippen molar-refractivity contribution < 1.29 is 4.79 Å². The second kappa shape index (κ2) is 11.3. The van der Waals surface area contributed by atoms with Gasteiger partial charge in [0.05, 0.1) is 6.04 Å². The van der Waals surface area contributed by atoms with E-state index in [1.165, 1.54) is 12.2 Å². The maximum absolute atomic E-state index is 11.6. The summed E-state index contributed by atoms with van der Waals surface area (Å²) in [4.78, 5) is 11.6. The first-order chi connectivity index (χ1) is 7.72. The van der Waals surface area contributed by atoms with Crippen molar-refractivity contribution in [2.24, 2.45) is 0 Å². The van der Waals surface area contributed by atoms with Crippen molar-refractivity contribution in [2.45, 2.75) is 45.6 Å². The predicted octanol–water partition coefficient (Wildman–Crippen LogP) is 2.02. The van der Waals surface area contributed by atoms with Crippen molar-refractivity contribution in [1.82, 2.24) is 10.6 Å². The maximum Gasteiger partial charge on any atom is 0.236 e. The van der Waals surface area contributed by atoms with Gasteiger partial charge in [0.2, 0.25) is 5.91 Å². The molecule has 0 saturated heterocycles. The molecular formula is C12H26N2OS. The smallest absolute Gasteiger partial charge is 0.236 e. The van der Waals surface area contributed by atoms with Gasteiger partial charge in [0, 0.05) is 6.54 Å². The summed E-state index contributed by atoms with van der Waals surface area (Å²) in [5.74, 6) is 1.33. The molecule has 0 spiro atoms. The molecule has 0 aromatic rings. The molecule has 1 unspecified atom stereocenters. The van der Waals surface area contributed by atoms with E-state index in [0.717, 1.165) is 32.4 Å². The molecule has 0 aromatic carbocycles. The minimum Gasteiger partial charge on any atom is -0.355 e. The van der Waals surface area contributed by atoms with Crippen molar-refractivity contribution in [3.05, 3.63) is 0 Å². The molecule has 96 valence electrons. The molecule has 0 aliphatic rings. The Bertz CT molecular complexity index is 176. The zero-order chi connectivity index (χ0) is 12.2. The van der Waals surface area contributed by atoms with Gasteiger partial charge in [0.25, 0.3) is 0 Å². The molecule has 1 atom stereocenters. The van der Waals surface area contributed by atoms with Crippen LogP contribution in [-0.4, -0.2) is 37.0 Å². The number of rotatable bonds is 10. The SMILES string of the molecule is CCCCNC(=O)C(C)NCCCCSC. The van der Waals surface area contributed by atoms with E-state index in [1.54, 1.807) is 0 Å². The van der Waals surface area contributed by atoms with E-state index in [2.05, 4.69) is 23.8 Å². The second-order valence-electron chi connectivity index (χ2n) is 4.02. The lowest BCUT2D eigenvalue weighted by atomic mass is 10.2. The van der Waals surface area contributed by atoms with Crippen LogP contribution >= 0.6 is 11.8 Å². The monoisotopic (exact) mass is 246 g/mol. The van der Waals surface area contributed by atoms with Gasteiger partial charge in [-0.3, -0.25) is 4.79 Å². The van der Waals surface area contributed by atoms with Crippen LogP contribution in [0.2, 0.25) is 0 Å². The standard InChI is InChI=1S/C12H26N2OS/c1-4-5-8-14-12(15)11(2)13-9-6-7-10-16-3/h11,13H,4-10H2,1-3H3,(H,14,15). The van der Waals surface area contributed by atoms with Crippen LogP contribution in [0, 0.1) is 0 Å². The van der Waals surface area contributed by atoms with Crippen LogP contribution in [0.25, 0.3) is 0 Å². The van der Waals surface area contributed by atoms with Crippen LogP contribution in [-0.2, 0) is 4.79 Å². The second-order valence-corrected chi connectivity index (χ2v) is 5.01. The summed E-state index contributed by atoms with van der Waals surface area (Å²) in [6.07, 6.45) is 6.67. The maximum atomic E-state index is 11.6. The first-order valence-electron chi connectivity index (χ1n) is 6.22. The summed E-state index contributed by atoms with van der Waals surface area (Å²) in [6.45, 7) is 5.78. The minimum atomic E-state index is -0.0638. The highest BCUT2D eigenvalue weighted by Gasteiger charge is 2.10. The van der Waals surface area contributed by atoms with Gasteiger partial charge in [-0.05, 0) is 44.7 Å². The van der Waals surface area contributed by atoms with Gasteiger partial charge in [0.1, 0.15) is 0 Å². The number of unbranched alkanes of at least 4 members (excludes halogenated alkanes) is 2. The normalized spacial score (nSPS) is 12.4. The third-order valence-electron chi connectivity index (χ3n) is 2.45. The van der Waals surface area contributed by atoms with Crippen LogP contribution in [0.4, 0.5) is 0 Å². The highest BCUT2D eigenvalue weighted by molar-refractivity contribution is 7.98. The Morgan fingerprint density at radius 3 is 2.62 bits per heavy atom. The Morgan fingerprint density at radius 2 is 2.00 bits per heavy atom. The van der Waals surface area contributed by atoms with Gasteiger partial charge >= 0.3 is 0 Å². The summed E-state index contributed by atoms with van der Waals surface area (Å²) in [6, 6.07) is -0.0638. The zero-order valence-corrected chi connectivity index (χ0v) is 11.7. The Kier molecular flexibility index (Phi) is 11.1. The van der Waals surface area contributed by atoms with Crippen molar-refractivity contribution >= 4 is 17.7 Å². The van der Waals surface area contributed by atoms with Crippen LogP contribution in [0.15, 0.2) is 0 Å². The summed E-state index contributed by atoms with van der Waals surface area (Å²) in [5.41, 5.74) is 0. The molecule has 1 amide bonds. The van der Waals surface area contributed by atoms with Gasteiger partial charge in [-0.25, -0.2) is 0 Å². The fourth-order valence-corrected chi connectivity index (χ4v) is 1.82. The van der Waals surface area contributed by atoms with Crippen molar-refractivity contribution in [3.8, 4) is 0 Å². The molecule has 0 bridgehead atoms. The molecule has 0 saturated carbocycles. The van der Waals surface area contributed by atoms with E-state index in [-0.39, 0.29) is 11.9 Å². The minimum absolute atomic E-state index is 0.0638. The van der Waals surface area contributed by atoms with Gasteiger partial charge in [-0.1, -0.05) is 13.3 Å². The van der Waals surface area contributed by atoms with Crippen molar-refractivity contribution in [2.75, 3.05) is 25.1 Å². The molecule has 0 aliphatic heterocycles. The molecule has 0 fully saturated rings. The van der Waals surface area contributed by atoms with E-state index in [4.69, 9.17) is 0 Å². The van der Waals surface area contributed by atoms with Crippen LogP contribution in [0.1, 0.15) is 39.5 Å². The van der Waals surface area contributed by atoms with E-state index >= 15 is 0 Å². The number of hydrogen-bond donors (Lipinski definition) is 2. The summed E-state index contributed by atoms with van der Waals surface area (Å²) < 4.78 is 0. The molecule has 0 radical (unpaired) electrons. The van der Waals surface area contributed by atoms with E-state index in [9.17, 15) is 4.79 Å². The summed E-state index contributed by atoms with van der Waals surface area (Å²) in [7, 11) is 0. The number of nitrogens with one attached hydrogen (secondary N) is 2. The van der Waals surface area contributed by atoms with Gasteiger partial charge in [-0.15, -0.1) is 0 Å². The average molecular weight is 246 g/mol. The summed E-state index contributed by atoms with van der Waals surface area (Å²) in [5, 5.41) is 6.18. The highest BCUT2D eigenvalue weighted by Crippen LogP contribution is 1.98. The largest absolute Gasteiger partial charge is 0.355 e. The third-order valence-corrected chi connectivity index (χ3v) is 3.15. The Labute approximate surface area is 104 Å². The number of carbonyl (C=O) groups is 1. The first kappa shape index (κ1) is 15.8. The molecule has 0 aromatic heterocycles. The third kappa shape index (κ3) is 9.04. The lowest BCUT2D eigenvalue weighted by Crippen LogP contribution is -2.42. The average Bonchev–Trinajstić information content (AvgIpc) is 2.28. The molecule has 2 N–H and O–H groups in total. The number of hydrogen-bond acceptors (Lipinski definition) is 3. The topological polar surface area (TPSA) is 41.1 Å². The molecular weight excluding hydrogens is 220 g/mol. The Morgan fingerprint density at radius 1 is 1.25 bits per heavy atom. The van der Waals surface area contributed by atoms with Gasteiger partial charge in [0.15, 0.2) is 0 Å². The quantitative estimate of drug-likeness (QED) is 0.580. The Hall–Kier alpha value is -0.220. The van der Waals surface area contributed by atoms with Crippen molar-refractivity contribution in [1.29, 1.82) is 0 Å². The lowest BCUT2D eigenvalue weighted by molar-refractivity contribution is -0.122. The first-order valence-corrected chi connectivity index (χ1v) is 7.61. The molecule has 16 heavy (non-hydrogen) atoms. The molecule has 0 aliphatic carbocycles. The predicted molar refractivity (Wildman–Crippen MR) is 73.0 cm³/mol. The fraction of sp³-hybridized carbons (Fsp3) is 0.917. The lowest BCUT2D eigenvalue weighted by Gasteiger charge is -2.13. The van der Waals surface area contributed by atoms with Gasteiger partial charge < -0.3 is 10.6 Å².